The lowest BCUT2D eigenvalue weighted by atomic mass is 10.1. The molecule has 6 nitrogen and oxygen atoms in total. The zero-order valence-electron chi connectivity index (χ0n) is 16.8. The summed E-state index contributed by atoms with van der Waals surface area (Å²) < 4.78 is 6.03. The number of ether oxygens (including phenoxy) is 1. The van der Waals surface area contributed by atoms with Gasteiger partial charge >= 0.3 is 0 Å². The van der Waals surface area contributed by atoms with E-state index in [0.29, 0.717) is 12.3 Å². The Bertz CT molecular complexity index is 875. The first-order valence-corrected chi connectivity index (χ1v) is 10.3. The second kappa shape index (κ2) is 8.55. The predicted octanol–water partition coefficient (Wildman–Crippen LogP) is 3.21. The van der Waals surface area contributed by atoms with Gasteiger partial charge in [0.05, 0.1) is 18.8 Å². The van der Waals surface area contributed by atoms with Crippen LogP contribution in [0.25, 0.3) is 0 Å². The zero-order valence-corrected chi connectivity index (χ0v) is 16.8. The highest BCUT2D eigenvalue weighted by Crippen LogP contribution is 2.33. The Kier molecular flexibility index (Phi) is 5.69. The van der Waals surface area contributed by atoms with Crippen LogP contribution in [0.4, 0.5) is 11.4 Å². The van der Waals surface area contributed by atoms with E-state index in [1.807, 2.05) is 65.3 Å². The molecule has 6 heteroatoms. The molecule has 0 spiro atoms. The fourth-order valence-corrected chi connectivity index (χ4v) is 3.91. The number of anilines is 2. The Hall–Kier alpha value is -3.02. The van der Waals surface area contributed by atoms with Gasteiger partial charge in [0.25, 0.3) is 5.91 Å². The van der Waals surface area contributed by atoms with Gasteiger partial charge in [-0.25, -0.2) is 0 Å². The summed E-state index contributed by atoms with van der Waals surface area (Å²) in [6, 6.07) is 15.3. The van der Waals surface area contributed by atoms with E-state index < -0.39 is 6.10 Å². The topological polar surface area (TPSA) is 61.9 Å². The van der Waals surface area contributed by atoms with E-state index in [4.69, 9.17) is 4.74 Å². The highest BCUT2D eigenvalue weighted by Gasteiger charge is 2.34. The molecule has 152 valence electrons. The highest BCUT2D eigenvalue weighted by molar-refractivity contribution is 5.95. The van der Waals surface area contributed by atoms with Gasteiger partial charge in [0.15, 0.2) is 6.10 Å². The number of likely N-dealkylation sites (tertiary alicyclic amines) is 1. The zero-order chi connectivity index (χ0) is 20.2. The average molecular weight is 393 g/mol. The molecule has 0 saturated carbocycles. The number of carbonyl (C=O) groups excluding carboxylic acids is 2. The van der Waals surface area contributed by atoms with Crippen molar-refractivity contribution < 1.29 is 14.3 Å². The Labute approximate surface area is 171 Å². The minimum Gasteiger partial charge on any atom is -0.477 e. The Balaban J connectivity index is 1.48. The molecule has 0 bridgehead atoms. The Morgan fingerprint density at radius 2 is 1.76 bits per heavy atom. The Morgan fingerprint density at radius 1 is 1.03 bits per heavy atom. The van der Waals surface area contributed by atoms with Crippen LogP contribution < -0.4 is 15.0 Å². The van der Waals surface area contributed by atoms with Crippen LogP contribution in [0.3, 0.4) is 0 Å². The van der Waals surface area contributed by atoms with Crippen molar-refractivity contribution in [2.45, 2.75) is 32.3 Å². The third kappa shape index (κ3) is 4.53. The molecular weight excluding hydrogens is 366 g/mol. The summed E-state index contributed by atoms with van der Waals surface area (Å²) in [7, 11) is 0. The number of rotatable bonds is 4. The maximum absolute atomic E-state index is 13.0. The lowest BCUT2D eigenvalue weighted by Gasteiger charge is -2.38. The highest BCUT2D eigenvalue weighted by atomic mass is 16.5. The minimum absolute atomic E-state index is 0.0168. The maximum atomic E-state index is 13.0. The van der Waals surface area contributed by atoms with Crippen LogP contribution in [0, 0.1) is 6.92 Å². The molecule has 0 unspecified atom stereocenters. The lowest BCUT2D eigenvalue weighted by molar-refractivity contribution is -0.139. The summed E-state index contributed by atoms with van der Waals surface area (Å²) in [5.41, 5.74) is 2.75. The summed E-state index contributed by atoms with van der Waals surface area (Å²) >= 11 is 0. The van der Waals surface area contributed by atoms with E-state index in [1.165, 1.54) is 6.42 Å². The third-order valence-electron chi connectivity index (χ3n) is 5.47. The first-order valence-electron chi connectivity index (χ1n) is 10.3. The van der Waals surface area contributed by atoms with Gasteiger partial charge in [-0.2, -0.15) is 0 Å². The van der Waals surface area contributed by atoms with Crippen LogP contribution in [0.1, 0.15) is 24.8 Å². The van der Waals surface area contributed by atoms with Crippen molar-refractivity contribution in [2.24, 2.45) is 0 Å². The molecular formula is C23H27N3O3. The van der Waals surface area contributed by atoms with Crippen LogP contribution in [0.2, 0.25) is 0 Å². The van der Waals surface area contributed by atoms with Gasteiger partial charge in [-0.1, -0.05) is 29.8 Å². The predicted molar refractivity (Wildman–Crippen MR) is 113 cm³/mol. The fourth-order valence-electron chi connectivity index (χ4n) is 3.91. The second-order valence-electron chi connectivity index (χ2n) is 7.75. The molecule has 0 radical (unpaired) electrons. The van der Waals surface area contributed by atoms with E-state index in [9.17, 15) is 9.59 Å². The van der Waals surface area contributed by atoms with Gasteiger partial charge in [-0.05, 0) is 50.5 Å². The van der Waals surface area contributed by atoms with Crippen molar-refractivity contribution in [3.63, 3.8) is 0 Å². The normalized spacial score (nSPS) is 18.6. The van der Waals surface area contributed by atoms with E-state index >= 15 is 0 Å². The summed E-state index contributed by atoms with van der Waals surface area (Å²) in [4.78, 5) is 29.5. The number of amides is 2. The quantitative estimate of drug-likeness (QED) is 0.867. The number of piperidine rings is 1. The number of benzene rings is 2. The number of carbonyl (C=O) groups is 2. The van der Waals surface area contributed by atoms with Gasteiger partial charge in [0.2, 0.25) is 5.91 Å². The van der Waals surface area contributed by atoms with Crippen molar-refractivity contribution in [1.82, 2.24) is 4.90 Å². The molecule has 2 aromatic rings. The molecule has 29 heavy (non-hydrogen) atoms. The number of nitrogens with zero attached hydrogens (tertiary/aromatic N) is 2. The van der Waals surface area contributed by atoms with Crippen LogP contribution in [0.15, 0.2) is 48.5 Å². The van der Waals surface area contributed by atoms with Crippen LogP contribution in [0.5, 0.6) is 5.75 Å². The Morgan fingerprint density at radius 3 is 2.52 bits per heavy atom. The number of hydrogen-bond donors (Lipinski definition) is 1. The molecule has 2 aliphatic heterocycles. The van der Waals surface area contributed by atoms with Gasteiger partial charge in [-0.15, -0.1) is 0 Å². The summed E-state index contributed by atoms with van der Waals surface area (Å²) in [5.74, 6) is 0.551. The van der Waals surface area contributed by atoms with E-state index in [0.717, 1.165) is 42.9 Å². The average Bonchev–Trinajstić information content (AvgIpc) is 2.75. The molecule has 1 saturated heterocycles. The lowest BCUT2D eigenvalue weighted by Crippen LogP contribution is -2.52. The maximum Gasteiger partial charge on any atom is 0.265 e. The minimum atomic E-state index is -0.588. The largest absolute Gasteiger partial charge is 0.477 e. The first-order chi connectivity index (χ1) is 14.1. The van der Waals surface area contributed by atoms with Crippen LogP contribution >= 0.6 is 0 Å². The molecule has 2 amide bonds. The number of para-hydroxylation sites is 2. The van der Waals surface area contributed by atoms with Crippen molar-refractivity contribution in [3.05, 3.63) is 54.1 Å². The first kappa shape index (κ1) is 19.3. The van der Waals surface area contributed by atoms with E-state index in [-0.39, 0.29) is 18.4 Å². The van der Waals surface area contributed by atoms with Gasteiger partial charge in [-0.3, -0.25) is 9.59 Å². The van der Waals surface area contributed by atoms with Crippen molar-refractivity contribution in [3.8, 4) is 5.75 Å². The number of fused-ring (bicyclic) bond motifs is 1. The van der Waals surface area contributed by atoms with E-state index in [1.54, 1.807) is 0 Å². The van der Waals surface area contributed by atoms with Crippen molar-refractivity contribution in [1.29, 1.82) is 0 Å². The van der Waals surface area contributed by atoms with Gasteiger partial charge in [0.1, 0.15) is 5.75 Å². The molecule has 1 N–H and O–H groups in total. The van der Waals surface area contributed by atoms with Crippen molar-refractivity contribution in [2.75, 3.05) is 36.4 Å². The third-order valence-corrected chi connectivity index (χ3v) is 5.47. The van der Waals surface area contributed by atoms with Gasteiger partial charge in [0, 0.05) is 18.8 Å². The fraction of sp³-hybridized carbons (Fsp3) is 0.391. The monoisotopic (exact) mass is 393 g/mol. The molecule has 2 heterocycles. The number of hydrogen-bond acceptors (Lipinski definition) is 4. The molecule has 2 aromatic carbocycles. The van der Waals surface area contributed by atoms with Crippen LogP contribution in [-0.2, 0) is 9.59 Å². The molecule has 2 aliphatic rings. The standard InChI is InChI=1S/C23H27N3O3/c1-17-9-11-18(12-10-17)24-22(27)16-26-15-21(23(28)25-13-5-2-6-14-25)29-20-8-4-3-7-19(20)26/h3-4,7-12,21H,2,5-6,13-16H2,1H3,(H,24,27)/t21-/m0/s1. The molecule has 0 aromatic heterocycles. The van der Waals surface area contributed by atoms with Crippen LogP contribution in [-0.4, -0.2) is 49.0 Å². The summed E-state index contributed by atoms with van der Waals surface area (Å²) in [6.45, 7) is 4.12. The molecule has 0 aliphatic carbocycles. The smallest absolute Gasteiger partial charge is 0.265 e. The molecule has 1 fully saturated rings. The molecule has 4 rings (SSSR count). The second-order valence-corrected chi connectivity index (χ2v) is 7.75. The number of aryl methyl sites for hydroxylation is 1. The van der Waals surface area contributed by atoms with Crippen molar-refractivity contribution >= 4 is 23.2 Å². The van der Waals surface area contributed by atoms with E-state index in [2.05, 4.69) is 5.32 Å². The summed E-state index contributed by atoms with van der Waals surface area (Å²) in [5, 5.41) is 2.94. The van der Waals surface area contributed by atoms with Gasteiger partial charge < -0.3 is 19.9 Å². The summed E-state index contributed by atoms with van der Waals surface area (Å²) in [6.07, 6.45) is 2.66. The molecule has 1 atom stereocenters. The number of nitrogens with one attached hydrogen (secondary N) is 1. The SMILES string of the molecule is Cc1ccc(NC(=O)CN2C[C@@H](C(=O)N3CCCCC3)Oc3ccccc32)cc1.